The van der Waals surface area contributed by atoms with Crippen LogP contribution in [0.1, 0.15) is 26.7 Å². The Hall–Kier alpha value is -0.960. The fourth-order valence-electron chi connectivity index (χ4n) is 0.957. The fraction of sp³-hybridized carbons (Fsp3) is 0.727. The SMILES string of the molecule is CCC=C(CC)C(=O)OCCNC.COS(=O)(=O)O. The Labute approximate surface area is 114 Å². The van der Waals surface area contributed by atoms with Crippen LogP contribution in [0.25, 0.3) is 0 Å². The lowest BCUT2D eigenvalue weighted by Gasteiger charge is -2.05. The minimum Gasteiger partial charge on any atom is -0.461 e. The first-order chi connectivity index (χ1) is 8.82. The van der Waals surface area contributed by atoms with E-state index in [4.69, 9.17) is 9.29 Å². The van der Waals surface area contributed by atoms with Gasteiger partial charge in [0.25, 0.3) is 0 Å². The van der Waals surface area contributed by atoms with E-state index >= 15 is 0 Å². The van der Waals surface area contributed by atoms with Gasteiger partial charge in [-0.2, -0.15) is 8.42 Å². The highest BCUT2D eigenvalue weighted by molar-refractivity contribution is 7.80. The van der Waals surface area contributed by atoms with E-state index in [9.17, 15) is 13.2 Å². The predicted octanol–water partition coefficient (Wildman–Crippen LogP) is 0.931. The summed E-state index contributed by atoms with van der Waals surface area (Å²) < 4.78 is 34.7. The van der Waals surface area contributed by atoms with Gasteiger partial charge in [0.05, 0.1) is 7.11 Å². The average molecular weight is 297 g/mol. The molecule has 0 fully saturated rings. The van der Waals surface area contributed by atoms with E-state index in [-0.39, 0.29) is 5.97 Å². The molecule has 0 saturated carbocycles. The topological polar surface area (TPSA) is 102 Å². The second-order valence-electron chi connectivity index (χ2n) is 3.33. The highest BCUT2D eigenvalue weighted by atomic mass is 32.3. The Morgan fingerprint density at radius 1 is 1.37 bits per heavy atom. The summed E-state index contributed by atoms with van der Waals surface area (Å²) in [6, 6.07) is 0. The van der Waals surface area contributed by atoms with E-state index in [0.29, 0.717) is 13.2 Å². The predicted molar refractivity (Wildman–Crippen MR) is 72.1 cm³/mol. The molecule has 0 heterocycles. The number of nitrogens with one attached hydrogen (secondary N) is 1. The van der Waals surface area contributed by atoms with Crippen molar-refractivity contribution in [3.05, 3.63) is 11.6 Å². The second kappa shape index (κ2) is 12.1. The third-order valence-electron chi connectivity index (χ3n) is 1.89. The monoisotopic (exact) mass is 297 g/mol. The molecule has 0 aliphatic rings. The van der Waals surface area contributed by atoms with Crippen molar-refractivity contribution >= 4 is 16.4 Å². The smallest absolute Gasteiger partial charge is 0.397 e. The largest absolute Gasteiger partial charge is 0.461 e. The molecule has 0 spiro atoms. The summed E-state index contributed by atoms with van der Waals surface area (Å²) in [5.74, 6) is -0.181. The van der Waals surface area contributed by atoms with Gasteiger partial charge < -0.3 is 10.1 Å². The molecule has 0 bridgehead atoms. The summed E-state index contributed by atoms with van der Waals surface area (Å²) in [5, 5.41) is 2.92. The van der Waals surface area contributed by atoms with Crippen LogP contribution in [0.3, 0.4) is 0 Å². The molecule has 0 saturated heterocycles. The van der Waals surface area contributed by atoms with Gasteiger partial charge >= 0.3 is 16.4 Å². The van der Waals surface area contributed by atoms with Gasteiger partial charge in [0, 0.05) is 12.1 Å². The van der Waals surface area contributed by atoms with Crippen molar-refractivity contribution in [1.29, 1.82) is 0 Å². The Morgan fingerprint density at radius 3 is 2.21 bits per heavy atom. The second-order valence-corrected chi connectivity index (χ2v) is 4.51. The average Bonchev–Trinajstić information content (AvgIpc) is 2.36. The molecule has 114 valence electrons. The number of carbonyl (C=O) groups is 1. The number of likely N-dealkylation sites (N-methyl/N-ethyl adjacent to an activating group) is 1. The first-order valence-electron chi connectivity index (χ1n) is 5.86. The lowest BCUT2D eigenvalue weighted by molar-refractivity contribution is -0.139. The number of hydrogen-bond donors (Lipinski definition) is 2. The van der Waals surface area contributed by atoms with Gasteiger partial charge in [-0.25, -0.2) is 4.79 Å². The molecule has 0 aromatic rings. The van der Waals surface area contributed by atoms with Crippen LogP contribution in [0, 0.1) is 0 Å². The van der Waals surface area contributed by atoms with Gasteiger partial charge in [0.1, 0.15) is 6.61 Å². The number of allylic oxidation sites excluding steroid dienone is 1. The molecule has 0 aromatic carbocycles. The number of hydrogen-bond acceptors (Lipinski definition) is 6. The number of esters is 1. The van der Waals surface area contributed by atoms with E-state index in [0.717, 1.165) is 25.5 Å². The van der Waals surface area contributed by atoms with Gasteiger partial charge in [-0.1, -0.05) is 19.9 Å². The van der Waals surface area contributed by atoms with Crippen LogP contribution in [0.4, 0.5) is 0 Å². The van der Waals surface area contributed by atoms with E-state index in [1.54, 1.807) is 0 Å². The molecular weight excluding hydrogens is 274 g/mol. The quantitative estimate of drug-likeness (QED) is 0.312. The number of rotatable bonds is 7. The standard InChI is InChI=1S/C10H19NO2.CH4O4S/c1-4-6-9(5-2)10(12)13-8-7-11-3;1-5-6(2,3)4/h6,11H,4-5,7-8H2,1-3H3;1H3,(H,2,3,4). The van der Waals surface area contributed by atoms with Crippen LogP contribution in [-0.2, 0) is 24.1 Å². The maximum absolute atomic E-state index is 11.3. The maximum atomic E-state index is 11.3. The first-order valence-corrected chi connectivity index (χ1v) is 7.22. The van der Waals surface area contributed by atoms with Crippen molar-refractivity contribution in [1.82, 2.24) is 5.32 Å². The van der Waals surface area contributed by atoms with E-state index in [1.165, 1.54) is 0 Å². The van der Waals surface area contributed by atoms with Crippen molar-refractivity contribution < 1.29 is 26.7 Å². The molecule has 0 atom stereocenters. The molecule has 0 amide bonds. The lowest BCUT2D eigenvalue weighted by Crippen LogP contribution is -2.18. The Morgan fingerprint density at radius 2 is 1.89 bits per heavy atom. The van der Waals surface area contributed by atoms with Crippen molar-refractivity contribution in [3.8, 4) is 0 Å². The molecule has 19 heavy (non-hydrogen) atoms. The first kappa shape index (κ1) is 20.4. The third kappa shape index (κ3) is 15.0. The van der Waals surface area contributed by atoms with Crippen molar-refractivity contribution in [2.45, 2.75) is 26.7 Å². The normalized spacial score (nSPS) is 11.5. The van der Waals surface area contributed by atoms with E-state index in [2.05, 4.69) is 9.50 Å². The number of ether oxygens (including phenoxy) is 1. The molecule has 0 rings (SSSR count). The summed E-state index contributed by atoms with van der Waals surface area (Å²) in [7, 11) is -1.46. The van der Waals surface area contributed by atoms with Gasteiger partial charge in [0.15, 0.2) is 0 Å². The summed E-state index contributed by atoms with van der Waals surface area (Å²) in [5.41, 5.74) is 0.776. The van der Waals surface area contributed by atoms with E-state index in [1.807, 2.05) is 27.0 Å². The maximum Gasteiger partial charge on any atom is 0.397 e. The van der Waals surface area contributed by atoms with Gasteiger partial charge in [-0.05, 0) is 19.9 Å². The zero-order valence-electron chi connectivity index (χ0n) is 11.8. The minimum absolute atomic E-state index is 0.181. The molecule has 0 radical (unpaired) electrons. The van der Waals surface area contributed by atoms with Crippen LogP contribution in [0.15, 0.2) is 11.6 Å². The highest BCUT2D eigenvalue weighted by Gasteiger charge is 2.06. The zero-order chi connectivity index (χ0) is 15.3. The van der Waals surface area contributed by atoms with Gasteiger partial charge in [-0.3, -0.25) is 8.74 Å². The fourth-order valence-corrected chi connectivity index (χ4v) is 0.957. The molecule has 0 aliphatic carbocycles. The molecule has 8 heteroatoms. The molecule has 7 nitrogen and oxygen atoms in total. The third-order valence-corrected chi connectivity index (χ3v) is 2.31. The van der Waals surface area contributed by atoms with Crippen molar-refractivity contribution in [2.75, 3.05) is 27.3 Å². The van der Waals surface area contributed by atoms with Crippen molar-refractivity contribution in [2.24, 2.45) is 0 Å². The summed E-state index contributed by atoms with van der Waals surface area (Å²) in [6.45, 7) is 5.11. The Bertz CT molecular complexity index is 363. The van der Waals surface area contributed by atoms with Gasteiger partial charge in [0.2, 0.25) is 0 Å². The molecule has 0 aliphatic heterocycles. The highest BCUT2D eigenvalue weighted by Crippen LogP contribution is 2.04. The van der Waals surface area contributed by atoms with Crippen LogP contribution < -0.4 is 5.32 Å². The molecule has 0 aromatic heterocycles. The molecular formula is C11H23NO6S. The van der Waals surface area contributed by atoms with Crippen LogP contribution in [-0.4, -0.2) is 46.2 Å². The van der Waals surface area contributed by atoms with Crippen molar-refractivity contribution in [3.63, 3.8) is 0 Å². The van der Waals surface area contributed by atoms with Crippen LogP contribution in [0.5, 0.6) is 0 Å². The van der Waals surface area contributed by atoms with Crippen LogP contribution in [0.2, 0.25) is 0 Å². The number of carbonyl (C=O) groups excluding carboxylic acids is 1. The minimum atomic E-state index is -4.16. The zero-order valence-corrected chi connectivity index (χ0v) is 12.6. The Balaban J connectivity index is 0. The summed E-state index contributed by atoms with van der Waals surface area (Å²) >= 11 is 0. The van der Waals surface area contributed by atoms with E-state index < -0.39 is 10.4 Å². The summed E-state index contributed by atoms with van der Waals surface area (Å²) in [6.07, 6.45) is 3.54. The summed E-state index contributed by atoms with van der Waals surface area (Å²) in [4.78, 5) is 11.3. The Kier molecular flexibility index (Phi) is 13.0. The molecule has 2 N–H and O–H groups in total. The lowest BCUT2D eigenvalue weighted by atomic mass is 10.2. The van der Waals surface area contributed by atoms with Gasteiger partial charge in [-0.15, -0.1) is 0 Å². The van der Waals surface area contributed by atoms with Crippen LogP contribution >= 0.6 is 0 Å². The molecule has 0 unspecified atom stereocenters.